The number of amides is 1. The molecule has 0 radical (unpaired) electrons. The van der Waals surface area contributed by atoms with Gasteiger partial charge in [-0.1, -0.05) is 53.5 Å². The number of hydrogen-bond donors (Lipinski definition) is 0. The van der Waals surface area contributed by atoms with Gasteiger partial charge in [-0.15, -0.1) is 0 Å². The first-order valence-electron chi connectivity index (χ1n) is 11.6. The largest absolute Gasteiger partial charge is 0.464 e. The summed E-state index contributed by atoms with van der Waals surface area (Å²) in [7, 11) is -4.12. The number of hydrogen-bond acceptors (Lipinski definition) is 5. The zero-order valence-electron chi connectivity index (χ0n) is 20.3. The van der Waals surface area contributed by atoms with E-state index in [2.05, 4.69) is 0 Å². The Bertz CT molecular complexity index is 1250. The average molecular weight is 554 g/mol. The molecule has 0 N–H and O–H groups in total. The lowest BCUT2D eigenvalue weighted by atomic mass is 10.2. The molecular formula is C26H30Cl2N2O5S. The molecule has 10 heteroatoms. The molecule has 0 fully saturated rings. The first-order chi connectivity index (χ1) is 17.2. The maximum atomic E-state index is 13.6. The second-order valence-electron chi connectivity index (χ2n) is 8.21. The van der Waals surface area contributed by atoms with E-state index < -0.39 is 10.0 Å². The van der Waals surface area contributed by atoms with E-state index in [4.69, 9.17) is 32.4 Å². The summed E-state index contributed by atoms with van der Waals surface area (Å²) in [6, 6.07) is 17.4. The van der Waals surface area contributed by atoms with E-state index in [1.807, 2.05) is 56.3 Å². The molecule has 36 heavy (non-hydrogen) atoms. The van der Waals surface area contributed by atoms with E-state index in [9.17, 15) is 13.2 Å². The van der Waals surface area contributed by atoms with Crippen molar-refractivity contribution in [1.29, 1.82) is 0 Å². The van der Waals surface area contributed by atoms with Crippen LogP contribution in [0.2, 0.25) is 10.0 Å². The molecule has 0 saturated carbocycles. The topological polar surface area (TPSA) is 80.1 Å². The van der Waals surface area contributed by atoms with Crippen LogP contribution in [0, 0.1) is 6.92 Å². The van der Waals surface area contributed by atoms with Crippen LogP contribution in [0.4, 0.5) is 0 Å². The summed E-state index contributed by atoms with van der Waals surface area (Å²) in [4.78, 5) is 15.0. The highest BCUT2D eigenvalue weighted by Gasteiger charge is 2.30. The predicted molar refractivity (Wildman–Crippen MR) is 140 cm³/mol. The van der Waals surface area contributed by atoms with Crippen molar-refractivity contribution in [3.05, 3.63) is 87.8 Å². The number of nitrogens with zero attached hydrogens (tertiary/aromatic N) is 2. The van der Waals surface area contributed by atoms with Gasteiger partial charge in [-0.3, -0.25) is 4.79 Å². The van der Waals surface area contributed by atoms with Gasteiger partial charge in [0, 0.05) is 31.3 Å². The molecule has 0 unspecified atom stereocenters. The van der Waals surface area contributed by atoms with Crippen molar-refractivity contribution < 1.29 is 22.4 Å². The number of halogens is 2. The fourth-order valence-electron chi connectivity index (χ4n) is 3.63. The van der Waals surface area contributed by atoms with Gasteiger partial charge in [0.2, 0.25) is 15.9 Å². The van der Waals surface area contributed by atoms with E-state index in [-0.39, 0.29) is 40.5 Å². The second-order valence-corrected chi connectivity index (χ2v) is 11.0. The average Bonchev–Trinajstić information content (AvgIpc) is 3.27. The molecule has 1 heterocycles. The third-order valence-electron chi connectivity index (χ3n) is 5.43. The maximum absolute atomic E-state index is 13.6. The molecule has 194 valence electrons. The fourth-order valence-corrected chi connectivity index (χ4v) is 5.80. The SMILES string of the molecule is CCOCCCN(CC(=O)N(Cc1ccccc1)Cc1ccc(C)o1)S(=O)(=O)c1cc(Cl)ccc1Cl. The van der Waals surface area contributed by atoms with Gasteiger partial charge in [-0.05, 0) is 56.2 Å². The van der Waals surface area contributed by atoms with Crippen LogP contribution in [0.15, 0.2) is 70.0 Å². The maximum Gasteiger partial charge on any atom is 0.245 e. The molecular weight excluding hydrogens is 523 g/mol. The van der Waals surface area contributed by atoms with Crippen LogP contribution in [0.1, 0.15) is 30.4 Å². The van der Waals surface area contributed by atoms with Gasteiger partial charge in [-0.2, -0.15) is 4.31 Å². The van der Waals surface area contributed by atoms with Crippen LogP contribution in [0.3, 0.4) is 0 Å². The minimum atomic E-state index is -4.12. The summed E-state index contributed by atoms with van der Waals surface area (Å²) < 4.78 is 39.4. The highest BCUT2D eigenvalue weighted by atomic mass is 35.5. The standard InChI is InChI=1S/C26H30Cl2N2O5S/c1-3-34-15-7-14-30(36(32,33)25-16-22(27)11-13-24(25)28)19-26(31)29(17-21-8-5-4-6-9-21)18-23-12-10-20(2)35-23/h4-6,8-13,16H,3,7,14-15,17-19H2,1-2H3. The number of aryl methyl sites for hydroxylation is 1. The minimum absolute atomic E-state index is 0.0360. The lowest BCUT2D eigenvalue weighted by molar-refractivity contribution is -0.133. The van der Waals surface area contributed by atoms with Crippen molar-refractivity contribution in [2.24, 2.45) is 0 Å². The Kier molecular flexibility index (Phi) is 10.4. The highest BCUT2D eigenvalue weighted by Crippen LogP contribution is 2.28. The number of carbonyl (C=O) groups is 1. The Labute approximate surface area is 222 Å². The number of benzene rings is 2. The van der Waals surface area contributed by atoms with Crippen molar-refractivity contribution in [3.8, 4) is 0 Å². The summed E-state index contributed by atoms with van der Waals surface area (Å²) in [6.45, 7) is 4.77. The third kappa shape index (κ3) is 7.82. The number of furan rings is 1. The molecule has 1 aromatic heterocycles. The normalized spacial score (nSPS) is 11.7. The first-order valence-corrected chi connectivity index (χ1v) is 13.8. The van der Waals surface area contributed by atoms with Gasteiger partial charge in [0.25, 0.3) is 0 Å². The summed E-state index contributed by atoms with van der Waals surface area (Å²) >= 11 is 12.3. The predicted octanol–water partition coefficient (Wildman–Crippen LogP) is 5.54. The molecule has 0 saturated heterocycles. The zero-order valence-corrected chi connectivity index (χ0v) is 22.7. The first kappa shape index (κ1) is 28.2. The minimum Gasteiger partial charge on any atom is -0.464 e. The highest BCUT2D eigenvalue weighted by molar-refractivity contribution is 7.89. The van der Waals surface area contributed by atoms with E-state index in [0.717, 1.165) is 15.6 Å². The Balaban J connectivity index is 1.89. The Morgan fingerprint density at radius 3 is 2.44 bits per heavy atom. The Hall–Kier alpha value is -2.36. The number of rotatable bonds is 13. The van der Waals surface area contributed by atoms with Crippen molar-refractivity contribution in [3.63, 3.8) is 0 Å². The number of carbonyl (C=O) groups excluding carboxylic acids is 1. The third-order valence-corrected chi connectivity index (χ3v) is 8.00. The lowest BCUT2D eigenvalue weighted by Gasteiger charge is -2.27. The molecule has 3 aromatic rings. The van der Waals surface area contributed by atoms with Gasteiger partial charge in [-0.25, -0.2) is 8.42 Å². The van der Waals surface area contributed by atoms with Gasteiger partial charge in [0.1, 0.15) is 16.4 Å². The van der Waals surface area contributed by atoms with Crippen LogP contribution in [0.5, 0.6) is 0 Å². The fraction of sp³-hybridized carbons (Fsp3) is 0.346. The van der Waals surface area contributed by atoms with Crippen LogP contribution < -0.4 is 0 Å². The van der Waals surface area contributed by atoms with E-state index >= 15 is 0 Å². The van der Waals surface area contributed by atoms with Crippen molar-refractivity contribution >= 4 is 39.1 Å². The molecule has 7 nitrogen and oxygen atoms in total. The molecule has 0 spiro atoms. The smallest absolute Gasteiger partial charge is 0.245 e. The zero-order chi connectivity index (χ0) is 26.1. The van der Waals surface area contributed by atoms with Crippen molar-refractivity contribution in [1.82, 2.24) is 9.21 Å². The summed E-state index contributed by atoms with van der Waals surface area (Å²) in [6.07, 6.45) is 0.411. The molecule has 0 aliphatic carbocycles. The van der Waals surface area contributed by atoms with Crippen molar-refractivity contribution in [2.45, 2.75) is 38.3 Å². The molecule has 0 atom stereocenters. The molecule has 0 aliphatic rings. The van der Waals surface area contributed by atoms with Gasteiger partial charge >= 0.3 is 0 Å². The number of sulfonamides is 1. The van der Waals surface area contributed by atoms with Crippen LogP contribution in [0.25, 0.3) is 0 Å². The van der Waals surface area contributed by atoms with Gasteiger partial charge < -0.3 is 14.1 Å². The quantitative estimate of drug-likeness (QED) is 0.260. The van der Waals surface area contributed by atoms with Gasteiger partial charge in [0.05, 0.1) is 18.1 Å². The monoisotopic (exact) mass is 552 g/mol. The molecule has 0 aliphatic heterocycles. The summed E-state index contributed by atoms with van der Waals surface area (Å²) in [5, 5.41) is 0.270. The van der Waals surface area contributed by atoms with E-state index in [0.29, 0.717) is 31.9 Å². The van der Waals surface area contributed by atoms with Crippen LogP contribution in [-0.2, 0) is 32.6 Å². The van der Waals surface area contributed by atoms with E-state index in [1.54, 1.807) is 4.90 Å². The van der Waals surface area contributed by atoms with Crippen LogP contribution >= 0.6 is 23.2 Å². The molecule has 0 bridgehead atoms. The molecule has 2 aromatic carbocycles. The second kappa shape index (κ2) is 13.3. The summed E-state index contributed by atoms with van der Waals surface area (Å²) in [5.41, 5.74) is 0.915. The Morgan fingerprint density at radius 2 is 1.78 bits per heavy atom. The number of ether oxygens (including phenoxy) is 1. The van der Waals surface area contributed by atoms with Crippen molar-refractivity contribution in [2.75, 3.05) is 26.3 Å². The molecule has 3 rings (SSSR count). The lowest BCUT2D eigenvalue weighted by Crippen LogP contribution is -2.43. The van der Waals surface area contributed by atoms with Gasteiger partial charge in [0.15, 0.2) is 0 Å². The summed E-state index contributed by atoms with van der Waals surface area (Å²) in [5.74, 6) is 0.972. The Morgan fingerprint density at radius 1 is 1.03 bits per heavy atom. The molecule has 1 amide bonds. The van der Waals surface area contributed by atoms with Crippen LogP contribution in [-0.4, -0.2) is 49.8 Å². The van der Waals surface area contributed by atoms with E-state index in [1.165, 1.54) is 18.2 Å².